The van der Waals surface area contributed by atoms with E-state index in [2.05, 4.69) is 13.8 Å². The minimum Gasteiger partial charge on any atom is -0.497 e. The largest absolute Gasteiger partial charge is 0.497 e. The maximum absolute atomic E-state index is 9.98. The van der Waals surface area contributed by atoms with Gasteiger partial charge in [-0.05, 0) is 30.5 Å². The molecule has 0 saturated carbocycles. The molecule has 108 valence electrons. The van der Waals surface area contributed by atoms with E-state index in [1.807, 2.05) is 24.3 Å². The monoisotopic (exact) mass is 266 g/mol. The van der Waals surface area contributed by atoms with Crippen LogP contribution >= 0.6 is 0 Å². The minimum atomic E-state index is -0.245. The summed E-state index contributed by atoms with van der Waals surface area (Å²) in [6, 6.07) is 7.87. The van der Waals surface area contributed by atoms with Gasteiger partial charge in [0.15, 0.2) is 0 Å². The van der Waals surface area contributed by atoms with Crippen molar-refractivity contribution < 1.29 is 14.6 Å². The number of hydrogen-bond donors (Lipinski definition) is 1. The first kappa shape index (κ1) is 16.0. The predicted molar refractivity (Wildman–Crippen MR) is 77.3 cm³/mol. The lowest BCUT2D eigenvalue weighted by Gasteiger charge is -2.21. The van der Waals surface area contributed by atoms with E-state index in [0.717, 1.165) is 30.6 Å². The average molecular weight is 266 g/mol. The van der Waals surface area contributed by atoms with Gasteiger partial charge in [0.1, 0.15) is 5.75 Å². The van der Waals surface area contributed by atoms with Crippen LogP contribution in [0.2, 0.25) is 0 Å². The third-order valence-electron chi connectivity index (χ3n) is 3.41. The van der Waals surface area contributed by atoms with Gasteiger partial charge in [-0.15, -0.1) is 0 Å². The molecule has 0 spiro atoms. The van der Waals surface area contributed by atoms with Gasteiger partial charge in [0.2, 0.25) is 0 Å². The van der Waals surface area contributed by atoms with Gasteiger partial charge in [-0.1, -0.05) is 32.4 Å². The summed E-state index contributed by atoms with van der Waals surface area (Å²) < 4.78 is 10.8. The van der Waals surface area contributed by atoms with E-state index in [-0.39, 0.29) is 12.0 Å². The van der Waals surface area contributed by atoms with Crippen molar-refractivity contribution >= 4 is 0 Å². The van der Waals surface area contributed by atoms with E-state index < -0.39 is 0 Å². The lowest BCUT2D eigenvalue weighted by atomic mass is 9.97. The highest BCUT2D eigenvalue weighted by Gasteiger charge is 2.16. The van der Waals surface area contributed by atoms with Gasteiger partial charge in [-0.2, -0.15) is 0 Å². The molecule has 0 aliphatic heterocycles. The first-order valence-corrected chi connectivity index (χ1v) is 7.10. The zero-order valence-electron chi connectivity index (χ0n) is 12.3. The van der Waals surface area contributed by atoms with Crippen LogP contribution in [0.1, 0.15) is 38.7 Å². The highest BCUT2D eigenvalue weighted by molar-refractivity contribution is 5.26. The van der Waals surface area contributed by atoms with Gasteiger partial charge >= 0.3 is 0 Å². The van der Waals surface area contributed by atoms with Crippen LogP contribution in [0, 0.1) is 5.92 Å². The van der Waals surface area contributed by atoms with E-state index in [9.17, 15) is 5.11 Å². The van der Waals surface area contributed by atoms with Crippen LogP contribution in [0.15, 0.2) is 24.3 Å². The lowest BCUT2D eigenvalue weighted by Crippen LogP contribution is -2.24. The topological polar surface area (TPSA) is 38.7 Å². The average Bonchev–Trinajstić information content (AvgIpc) is 2.44. The van der Waals surface area contributed by atoms with Gasteiger partial charge in [0.25, 0.3) is 0 Å². The standard InChI is InChI=1S/C16H26O3/c1-4-6-16(17)14(5-2)12-19-11-13-7-9-15(18-3)10-8-13/h7-10,14,16-17H,4-6,11-12H2,1-3H3. The fourth-order valence-electron chi connectivity index (χ4n) is 2.08. The third kappa shape index (κ3) is 5.62. The van der Waals surface area contributed by atoms with E-state index in [4.69, 9.17) is 9.47 Å². The molecule has 0 radical (unpaired) electrons. The van der Waals surface area contributed by atoms with Crippen LogP contribution in [0.25, 0.3) is 0 Å². The van der Waals surface area contributed by atoms with Crippen molar-refractivity contribution in [2.75, 3.05) is 13.7 Å². The summed E-state index contributed by atoms with van der Waals surface area (Å²) in [4.78, 5) is 0. The molecule has 0 fully saturated rings. The molecule has 0 aromatic heterocycles. The second-order valence-corrected chi connectivity index (χ2v) is 4.89. The number of aliphatic hydroxyl groups excluding tert-OH is 1. The molecule has 2 unspecified atom stereocenters. The summed E-state index contributed by atoms with van der Waals surface area (Å²) in [5.41, 5.74) is 1.13. The van der Waals surface area contributed by atoms with Crippen molar-refractivity contribution in [3.8, 4) is 5.75 Å². The Labute approximate surface area is 116 Å². The van der Waals surface area contributed by atoms with E-state index in [1.165, 1.54) is 0 Å². The van der Waals surface area contributed by atoms with Gasteiger partial charge < -0.3 is 14.6 Å². The smallest absolute Gasteiger partial charge is 0.118 e. The highest BCUT2D eigenvalue weighted by atomic mass is 16.5. The Morgan fingerprint density at radius 3 is 2.37 bits per heavy atom. The van der Waals surface area contributed by atoms with Gasteiger partial charge in [-0.25, -0.2) is 0 Å². The van der Waals surface area contributed by atoms with E-state index in [1.54, 1.807) is 7.11 Å². The van der Waals surface area contributed by atoms with Crippen LogP contribution in [-0.2, 0) is 11.3 Å². The summed E-state index contributed by atoms with van der Waals surface area (Å²) in [6.07, 6.45) is 2.57. The van der Waals surface area contributed by atoms with Crippen molar-refractivity contribution in [1.82, 2.24) is 0 Å². The maximum atomic E-state index is 9.98. The fourth-order valence-corrected chi connectivity index (χ4v) is 2.08. The Morgan fingerprint density at radius 2 is 1.84 bits per heavy atom. The molecule has 0 amide bonds. The molecule has 1 N–H and O–H groups in total. The van der Waals surface area contributed by atoms with Crippen molar-refractivity contribution in [1.29, 1.82) is 0 Å². The molecular weight excluding hydrogens is 240 g/mol. The Balaban J connectivity index is 2.34. The molecule has 3 nitrogen and oxygen atoms in total. The molecule has 3 heteroatoms. The Hall–Kier alpha value is -1.06. The van der Waals surface area contributed by atoms with Crippen molar-refractivity contribution in [3.63, 3.8) is 0 Å². The zero-order chi connectivity index (χ0) is 14.1. The van der Waals surface area contributed by atoms with E-state index >= 15 is 0 Å². The molecule has 0 heterocycles. The maximum Gasteiger partial charge on any atom is 0.118 e. The molecule has 1 aromatic rings. The molecule has 1 aromatic carbocycles. The molecule has 19 heavy (non-hydrogen) atoms. The molecular formula is C16H26O3. The number of methoxy groups -OCH3 is 1. The summed E-state index contributed by atoms with van der Waals surface area (Å²) >= 11 is 0. The normalized spacial score (nSPS) is 14.1. The van der Waals surface area contributed by atoms with Crippen LogP contribution in [-0.4, -0.2) is 24.9 Å². The Morgan fingerprint density at radius 1 is 1.16 bits per heavy atom. The lowest BCUT2D eigenvalue weighted by molar-refractivity contribution is 0.0156. The number of hydrogen-bond acceptors (Lipinski definition) is 3. The fraction of sp³-hybridized carbons (Fsp3) is 0.625. The Bertz CT molecular complexity index is 334. The molecule has 0 bridgehead atoms. The van der Waals surface area contributed by atoms with E-state index in [0.29, 0.717) is 13.2 Å². The first-order valence-electron chi connectivity index (χ1n) is 7.10. The van der Waals surface area contributed by atoms with Gasteiger partial charge in [0, 0.05) is 5.92 Å². The number of ether oxygens (including phenoxy) is 2. The van der Waals surface area contributed by atoms with Crippen molar-refractivity contribution in [2.24, 2.45) is 5.92 Å². The minimum absolute atomic E-state index is 0.234. The first-order chi connectivity index (χ1) is 9.21. The quantitative estimate of drug-likeness (QED) is 0.744. The molecule has 2 atom stereocenters. The zero-order valence-corrected chi connectivity index (χ0v) is 12.3. The molecule has 0 saturated heterocycles. The number of rotatable bonds is 9. The highest BCUT2D eigenvalue weighted by Crippen LogP contribution is 2.16. The predicted octanol–water partition coefficient (Wildman–Crippen LogP) is 3.40. The number of aliphatic hydroxyl groups is 1. The second kappa shape index (κ2) is 8.94. The van der Waals surface area contributed by atoms with Crippen LogP contribution in [0.5, 0.6) is 5.75 Å². The van der Waals surface area contributed by atoms with Crippen LogP contribution < -0.4 is 4.74 Å². The van der Waals surface area contributed by atoms with Crippen molar-refractivity contribution in [3.05, 3.63) is 29.8 Å². The van der Waals surface area contributed by atoms with Crippen LogP contribution in [0.4, 0.5) is 0 Å². The molecule has 0 aliphatic rings. The second-order valence-electron chi connectivity index (χ2n) is 4.89. The molecule has 1 rings (SSSR count). The third-order valence-corrected chi connectivity index (χ3v) is 3.41. The Kier molecular flexibility index (Phi) is 7.53. The van der Waals surface area contributed by atoms with Gasteiger partial charge in [0.05, 0.1) is 26.4 Å². The number of benzene rings is 1. The summed E-state index contributed by atoms with van der Waals surface area (Å²) in [5, 5.41) is 9.98. The summed E-state index contributed by atoms with van der Waals surface area (Å²) in [5.74, 6) is 1.09. The van der Waals surface area contributed by atoms with Gasteiger partial charge in [-0.3, -0.25) is 0 Å². The van der Waals surface area contributed by atoms with Crippen molar-refractivity contribution in [2.45, 2.75) is 45.8 Å². The SMILES string of the molecule is CCCC(O)C(CC)COCc1ccc(OC)cc1. The van der Waals surface area contributed by atoms with Crippen LogP contribution in [0.3, 0.4) is 0 Å². The summed E-state index contributed by atoms with van der Waals surface area (Å²) in [7, 11) is 1.66. The summed E-state index contributed by atoms with van der Waals surface area (Å²) in [6.45, 7) is 5.39. The molecule has 0 aliphatic carbocycles.